The van der Waals surface area contributed by atoms with Gasteiger partial charge in [0.15, 0.2) is 5.11 Å². The van der Waals surface area contributed by atoms with Gasteiger partial charge in [0.2, 0.25) is 0 Å². The van der Waals surface area contributed by atoms with Crippen molar-refractivity contribution in [3.63, 3.8) is 0 Å². The number of ether oxygens (including phenoxy) is 2. The Morgan fingerprint density at radius 3 is 2.69 bits per heavy atom. The summed E-state index contributed by atoms with van der Waals surface area (Å²) in [5.74, 6) is 0.591. The van der Waals surface area contributed by atoms with E-state index in [4.69, 9.17) is 15.2 Å². The molecule has 0 saturated carbocycles. The van der Waals surface area contributed by atoms with E-state index in [-0.39, 0.29) is 5.11 Å². The number of hydrogen-bond donors (Lipinski definition) is 2. The van der Waals surface area contributed by atoms with Crippen LogP contribution < -0.4 is 20.6 Å². The summed E-state index contributed by atoms with van der Waals surface area (Å²) >= 11 is 8.06. The fourth-order valence-corrected chi connectivity index (χ4v) is 2.38. The lowest BCUT2D eigenvalue weighted by atomic mass is 10.2. The van der Waals surface area contributed by atoms with Crippen molar-refractivity contribution < 1.29 is 14.3 Å². The van der Waals surface area contributed by atoms with Crippen LogP contribution in [0.5, 0.6) is 11.5 Å². The molecule has 2 aromatic rings. The van der Waals surface area contributed by atoms with E-state index in [1.165, 1.54) is 6.21 Å². The molecule has 0 fully saturated rings. The summed E-state index contributed by atoms with van der Waals surface area (Å²) in [5, 5.41) is 3.93. The maximum Gasteiger partial charge on any atom is 0.343 e. The van der Waals surface area contributed by atoms with Crippen LogP contribution in [-0.4, -0.2) is 23.9 Å². The zero-order valence-electron chi connectivity index (χ0n) is 14.1. The molecule has 0 bridgehead atoms. The summed E-state index contributed by atoms with van der Waals surface area (Å²) < 4.78 is 11.8. The highest BCUT2D eigenvalue weighted by atomic mass is 79.9. The maximum absolute atomic E-state index is 12.4. The molecule has 0 aliphatic carbocycles. The van der Waals surface area contributed by atoms with Gasteiger partial charge in [-0.3, -0.25) is 5.43 Å². The van der Waals surface area contributed by atoms with E-state index < -0.39 is 5.97 Å². The zero-order valence-corrected chi connectivity index (χ0v) is 16.5. The SMILES string of the molecule is CCCOc1ccc(C(=O)Oc2ccc(Br)cc2/C=N\NC(N)=S)cc1. The van der Waals surface area contributed by atoms with E-state index >= 15 is 0 Å². The topological polar surface area (TPSA) is 85.9 Å². The van der Waals surface area contributed by atoms with Crippen molar-refractivity contribution in [2.75, 3.05) is 6.61 Å². The predicted octanol–water partition coefficient (Wildman–Crippen LogP) is 3.62. The molecule has 0 spiro atoms. The molecule has 2 rings (SSSR count). The maximum atomic E-state index is 12.4. The molecule has 0 radical (unpaired) electrons. The number of hydrazone groups is 1. The van der Waals surface area contributed by atoms with E-state index in [0.29, 0.717) is 29.2 Å². The van der Waals surface area contributed by atoms with Crippen LogP contribution in [0.1, 0.15) is 29.3 Å². The first-order valence-electron chi connectivity index (χ1n) is 7.82. The first-order valence-corrected chi connectivity index (χ1v) is 9.03. The second kappa shape index (κ2) is 9.88. The summed E-state index contributed by atoms with van der Waals surface area (Å²) in [4.78, 5) is 12.4. The second-order valence-corrected chi connectivity index (χ2v) is 6.53. The van der Waals surface area contributed by atoms with Gasteiger partial charge in [0, 0.05) is 10.0 Å². The third kappa shape index (κ3) is 6.12. The molecule has 0 aliphatic heterocycles. The molecular weight excluding hydrogens is 418 g/mol. The first kappa shape index (κ1) is 19.9. The number of nitrogens with one attached hydrogen (secondary N) is 1. The van der Waals surface area contributed by atoms with Crippen LogP contribution in [0.2, 0.25) is 0 Å². The first-order chi connectivity index (χ1) is 12.5. The van der Waals surface area contributed by atoms with Gasteiger partial charge in [-0.1, -0.05) is 22.9 Å². The smallest absolute Gasteiger partial charge is 0.343 e. The summed E-state index contributed by atoms with van der Waals surface area (Å²) in [6.07, 6.45) is 2.38. The number of benzene rings is 2. The van der Waals surface area contributed by atoms with E-state index in [2.05, 4.69) is 38.7 Å². The van der Waals surface area contributed by atoms with Gasteiger partial charge in [-0.15, -0.1) is 0 Å². The second-order valence-electron chi connectivity index (χ2n) is 5.18. The van der Waals surface area contributed by atoms with Crippen LogP contribution in [-0.2, 0) is 0 Å². The van der Waals surface area contributed by atoms with Gasteiger partial charge >= 0.3 is 5.97 Å². The molecular formula is C18H18BrN3O3S. The number of halogens is 1. The van der Waals surface area contributed by atoms with Crippen LogP contribution in [0, 0.1) is 0 Å². The van der Waals surface area contributed by atoms with Crippen molar-refractivity contribution in [1.82, 2.24) is 5.43 Å². The van der Waals surface area contributed by atoms with Crippen LogP contribution >= 0.6 is 28.1 Å². The summed E-state index contributed by atoms with van der Waals surface area (Å²) in [5.41, 5.74) is 8.78. The molecule has 0 heterocycles. The minimum absolute atomic E-state index is 0.0418. The molecule has 2 aromatic carbocycles. The molecule has 3 N–H and O–H groups in total. The van der Waals surface area contributed by atoms with Gasteiger partial charge in [-0.2, -0.15) is 5.10 Å². The lowest BCUT2D eigenvalue weighted by molar-refractivity contribution is 0.0734. The highest BCUT2D eigenvalue weighted by Crippen LogP contribution is 2.23. The number of rotatable bonds is 7. The van der Waals surface area contributed by atoms with Gasteiger partial charge in [0.05, 0.1) is 18.4 Å². The van der Waals surface area contributed by atoms with E-state index in [0.717, 1.165) is 10.9 Å². The molecule has 8 heteroatoms. The van der Waals surface area contributed by atoms with Gasteiger partial charge in [0.1, 0.15) is 11.5 Å². The van der Waals surface area contributed by atoms with Crippen molar-refractivity contribution >= 4 is 45.4 Å². The van der Waals surface area contributed by atoms with Gasteiger partial charge in [-0.05, 0) is 61.1 Å². The highest BCUT2D eigenvalue weighted by molar-refractivity contribution is 9.10. The quantitative estimate of drug-likeness (QED) is 0.227. The molecule has 136 valence electrons. The van der Waals surface area contributed by atoms with Crippen LogP contribution in [0.25, 0.3) is 0 Å². The largest absolute Gasteiger partial charge is 0.494 e. The van der Waals surface area contributed by atoms with Gasteiger partial charge in [0.25, 0.3) is 0 Å². The van der Waals surface area contributed by atoms with Crippen LogP contribution in [0.4, 0.5) is 0 Å². The number of hydrogen-bond acceptors (Lipinski definition) is 5. The third-order valence-electron chi connectivity index (χ3n) is 3.12. The molecule has 0 amide bonds. The van der Waals surface area contributed by atoms with Crippen molar-refractivity contribution in [2.45, 2.75) is 13.3 Å². The van der Waals surface area contributed by atoms with E-state index in [1.807, 2.05) is 6.92 Å². The fraction of sp³-hybridized carbons (Fsp3) is 0.167. The van der Waals surface area contributed by atoms with Gasteiger partial charge in [-0.25, -0.2) is 4.79 Å². The lowest BCUT2D eigenvalue weighted by Gasteiger charge is -2.09. The molecule has 0 saturated heterocycles. The minimum atomic E-state index is -0.480. The molecule has 0 atom stereocenters. The number of thiocarbonyl (C=S) groups is 1. The summed E-state index contributed by atoms with van der Waals surface area (Å²) in [6, 6.07) is 12.0. The average Bonchev–Trinajstić information content (AvgIpc) is 2.62. The van der Waals surface area contributed by atoms with E-state index in [1.54, 1.807) is 42.5 Å². The number of esters is 1. The third-order valence-corrected chi connectivity index (χ3v) is 3.70. The average molecular weight is 436 g/mol. The van der Waals surface area contributed by atoms with Crippen molar-refractivity contribution in [3.05, 3.63) is 58.1 Å². The molecule has 0 aromatic heterocycles. The zero-order chi connectivity index (χ0) is 18.9. The Balaban J connectivity index is 2.12. The Morgan fingerprint density at radius 1 is 1.31 bits per heavy atom. The lowest BCUT2D eigenvalue weighted by Crippen LogP contribution is -2.24. The summed E-state index contributed by atoms with van der Waals surface area (Å²) in [6.45, 7) is 2.66. The Bertz CT molecular complexity index is 810. The molecule has 6 nitrogen and oxygen atoms in total. The van der Waals surface area contributed by atoms with Crippen molar-refractivity contribution in [1.29, 1.82) is 0 Å². The Labute approximate surface area is 165 Å². The highest BCUT2D eigenvalue weighted by Gasteiger charge is 2.12. The summed E-state index contributed by atoms with van der Waals surface area (Å²) in [7, 11) is 0. The molecule has 0 aliphatic rings. The monoisotopic (exact) mass is 435 g/mol. The standard InChI is InChI=1S/C18H18BrN3O3S/c1-2-9-24-15-6-3-12(4-7-15)17(23)25-16-8-5-14(19)10-13(16)11-21-22-18(20)26/h3-8,10-11H,2,9H2,1H3,(H3,20,22,26)/b21-11-. The Morgan fingerprint density at radius 2 is 2.04 bits per heavy atom. The number of carbonyl (C=O) groups excluding carboxylic acids is 1. The van der Waals surface area contributed by atoms with Crippen LogP contribution in [0.15, 0.2) is 52.0 Å². The minimum Gasteiger partial charge on any atom is -0.494 e. The molecule has 0 unspecified atom stereocenters. The Kier molecular flexibility index (Phi) is 7.55. The molecule has 26 heavy (non-hydrogen) atoms. The normalized spacial score (nSPS) is 10.5. The number of nitrogens with zero attached hydrogens (tertiary/aromatic N) is 1. The van der Waals surface area contributed by atoms with Crippen molar-refractivity contribution in [3.8, 4) is 11.5 Å². The van der Waals surface area contributed by atoms with Crippen LogP contribution in [0.3, 0.4) is 0 Å². The number of nitrogens with two attached hydrogens (primary N) is 1. The predicted molar refractivity (Wildman–Crippen MR) is 109 cm³/mol. The van der Waals surface area contributed by atoms with Gasteiger partial charge < -0.3 is 15.2 Å². The Hall–Kier alpha value is -2.45. The number of carbonyl (C=O) groups is 1. The fourth-order valence-electron chi connectivity index (χ4n) is 1.94. The van der Waals surface area contributed by atoms with Crippen molar-refractivity contribution in [2.24, 2.45) is 10.8 Å². The van der Waals surface area contributed by atoms with E-state index in [9.17, 15) is 4.79 Å².